The minimum atomic E-state index is -0.146. The van der Waals surface area contributed by atoms with Crippen LogP contribution in [0.4, 0.5) is 0 Å². The van der Waals surface area contributed by atoms with Gasteiger partial charge in [0, 0.05) is 21.5 Å². The normalized spacial score (nSPS) is 10.8. The topological polar surface area (TPSA) is 42.9 Å². The summed E-state index contributed by atoms with van der Waals surface area (Å²) < 4.78 is 0. The van der Waals surface area contributed by atoms with E-state index in [-0.39, 0.29) is 5.78 Å². The van der Waals surface area contributed by atoms with Crippen molar-refractivity contribution in [1.82, 2.24) is 9.97 Å². The van der Waals surface area contributed by atoms with E-state index in [4.69, 9.17) is 11.6 Å². The van der Waals surface area contributed by atoms with Gasteiger partial charge in [-0.05, 0) is 30.3 Å². The van der Waals surface area contributed by atoms with Crippen molar-refractivity contribution in [3.63, 3.8) is 0 Å². The molecular formula is C21H13ClN2O. The molecule has 4 aromatic rings. The van der Waals surface area contributed by atoms with Crippen molar-refractivity contribution >= 4 is 28.3 Å². The van der Waals surface area contributed by atoms with Gasteiger partial charge in [-0.3, -0.25) is 4.79 Å². The van der Waals surface area contributed by atoms with E-state index in [1.807, 2.05) is 54.6 Å². The maximum atomic E-state index is 13.0. The van der Waals surface area contributed by atoms with Crippen molar-refractivity contribution in [1.29, 1.82) is 0 Å². The molecule has 0 radical (unpaired) electrons. The molecule has 0 bridgehead atoms. The number of ketones is 1. The molecule has 0 unspecified atom stereocenters. The zero-order valence-corrected chi connectivity index (χ0v) is 13.9. The number of benzene rings is 3. The summed E-state index contributed by atoms with van der Waals surface area (Å²) in [7, 11) is 0. The second-order valence-electron chi connectivity index (χ2n) is 5.62. The van der Waals surface area contributed by atoms with Gasteiger partial charge in [0.2, 0.25) is 5.78 Å². The Morgan fingerprint density at radius 2 is 1.44 bits per heavy atom. The number of hydrogen-bond acceptors (Lipinski definition) is 3. The quantitative estimate of drug-likeness (QED) is 0.481. The van der Waals surface area contributed by atoms with Crippen molar-refractivity contribution in [2.75, 3.05) is 0 Å². The third-order valence-corrected chi connectivity index (χ3v) is 4.21. The summed E-state index contributed by atoms with van der Waals surface area (Å²) in [5, 5.41) is 1.33. The summed E-state index contributed by atoms with van der Waals surface area (Å²) in [6.07, 6.45) is 0. The van der Waals surface area contributed by atoms with Crippen LogP contribution in [0.2, 0.25) is 5.02 Å². The third kappa shape index (κ3) is 3.02. The van der Waals surface area contributed by atoms with Gasteiger partial charge in [0.25, 0.3) is 0 Å². The number of para-hydroxylation sites is 1. The maximum absolute atomic E-state index is 13.0. The Bertz CT molecular complexity index is 1060. The summed E-state index contributed by atoms with van der Waals surface area (Å²) in [6.45, 7) is 0. The Morgan fingerprint density at radius 3 is 2.20 bits per heavy atom. The van der Waals surface area contributed by atoms with Crippen molar-refractivity contribution in [3.8, 4) is 11.4 Å². The van der Waals surface area contributed by atoms with Crippen LogP contribution >= 0.6 is 11.6 Å². The van der Waals surface area contributed by atoms with Gasteiger partial charge in [-0.15, -0.1) is 0 Å². The monoisotopic (exact) mass is 344 g/mol. The van der Waals surface area contributed by atoms with E-state index in [1.54, 1.807) is 24.3 Å². The lowest BCUT2D eigenvalue weighted by atomic mass is 10.0. The first-order chi connectivity index (χ1) is 12.2. The second kappa shape index (κ2) is 6.46. The fraction of sp³-hybridized carbons (Fsp3) is 0. The van der Waals surface area contributed by atoms with Gasteiger partial charge >= 0.3 is 0 Å². The van der Waals surface area contributed by atoms with Gasteiger partial charge < -0.3 is 0 Å². The van der Waals surface area contributed by atoms with E-state index < -0.39 is 0 Å². The average molecular weight is 345 g/mol. The first kappa shape index (κ1) is 15.5. The molecule has 3 nitrogen and oxygen atoms in total. The highest BCUT2D eigenvalue weighted by Gasteiger charge is 2.17. The molecule has 4 heteroatoms. The molecule has 1 heterocycles. The van der Waals surface area contributed by atoms with E-state index in [0.717, 1.165) is 16.5 Å². The molecule has 4 rings (SSSR count). The zero-order chi connectivity index (χ0) is 17.2. The Balaban J connectivity index is 1.92. The molecule has 0 atom stereocenters. The van der Waals surface area contributed by atoms with Crippen LogP contribution in [0.25, 0.3) is 22.3 Å². The standard InChI is InChI=1S/C21H13ClN2O/c22-16-12-10-14(11-13-16)20(25)19-17-8-4-5-9-18(17)23-21(24-19)15-6-2-1-3-7-15/h1-13H. The molecule has 1 aromatic heterocycles. The van der Waals surface area contributed by atoms with Gasteiger partial charge in [0.1, 0.15) is 5.69 Å². The predicted octanol–water partition coefficient (Wildman–Crippen LogP) is 5.18. The van der Waals surface area contributed by atoms with Crippen LogP contribution in [0, 0.1) is 0 Å². The summed E-state index contributed by atoms with van der Waals surface area (Å²) in [5.74, 6) is 0.393. The smallest absolute Gasteiger partial charge is 0.212 e. The summed E-state index contributed by atoms with van der Waals surface area (Å²) in [5.41, 5.74) is 2.56. The molecule has 0 saturated carbocycles. The van der Waals surface area contributed by atoms with Crippen molar-refractivity contribution in [3.05, 3.63) is 95.1 Å². The molecule has 0 aliphatic heterocycles. The number of hydrogen-bond donors (Lipinski definition) is 0. The molecule has 0 fully saturated rings. The molecule has 25 heavy (non-hydrogen) atoms. The van der Waals surface area contributed by atoms with Crippen LogP contribution < -0.4 is 0 Å². The Labute approximate surface area is 149 Å². The number of aromatic nitrogens is 2. The van der Waals surface area contributed by atoms with Crippen LogP contribution in [-0.4, -0.2) is 15.8 Å². The first-order valence-corrected chi connectivity index (χ1v) is 8.22. The Morgan fingerprint density at radius 1 is 0.760 bits per heavy atom. The number of carbonyl (C=O) groups is 1. The second-order valence-corrected chi connectivity index (χ2v) is 6.05. The molecular weight excluding hydrogens is 332 g/mol. The van der Waals surface area contributed by atoms with E-state index in [0.29, 0.717) is 22.1 Å². The molecule has 0 saturated heterocycles. The number of nitrogens with zero attached hydrogens (tertiary/aromatic N) is 2. The number of carbonyl (C=O) groups excluding carboxylic acids is 1. The fourth-order valence-electron chi connectivity index (χ4n) is 2.70. The van der Waals surface area contributed by atoms with Crippen molar-refractivity contribution < 1.29 is 4.79 Å². The minimum Gasteiger partial charge on any atom is -0.287 e. The maximum Gasteiger partial charge on any atom is 0.212 e. The first-order valence-electron chi connectivity index (χ1n) is 7.85. The molecule has 0 aliphatic rings. The summed E-state index contributed by atoms with van der Waals surface area (Å²) >= 11 is 5.93. The van der Waals surface area contributed by atoms with Gasteiger partial charge in [0.15, 0.2) is 5.82 Å². The lowest BCUT2D eigenvalue weighted by Crippen LogP contribution is -2.07. The average Bonchev–Trinajstić information content (AvgIpc) is 2.68. The summed E-state index contributed by atoms with van der Waals surface area (Å²) in [4.78, 5) is 22.2. The lowest BCUT2D eigenvalue weighted by molar-refractivity contribution is 0.103. The van der Waals surface area contributed by atoms with Crippen LogP contribution in [0.3, 0.4) is 0 Å². The molecule has 0 spiro atoms. The highest BCUT2D eigenvalue weighted by molar-refractivity contribution is 6.30. The van der Waals surface area contributed by atoms with E-state index in [9.17, 15) is 4.79 Å². The van der Waals surface area contributed by atoms with E-state index in [2.05, 4.69) is 9.97 Å². The van der Waals surface area contributed by atoms with Crippen LogP contribution in [0.5, 0.6) is 0 Å². The Hall–Kier alpha value is -3.04. The van der Waals surface area contributed by atoms with Crippen molar-refractivity contribution in [2.45, 2.75) is 0 Å². The highest BCUT2D eigenvalue weighted by Crippen LogP contribution is 2.24. The lowest BCUT2D eigenvalue weighted by Gasteiger charge is -2.08. The molecule has 0 amide bonds. The SMILES string of the molecule is O=C(c1ccc(Cl)cc1)c1nc(-c2ccccc2)nc2ccccc12. The molecule has 0 aliphatic carbocycles. The van der Waals surface area contributed by atoms with Crippen LogP contribution in [0.15, 0.2) is 78.9 Å². The molecule has 0 N–H and O–H groups in total. The number of halogens is 1. The van der Waals surface area contributed by atoms with Gasteiger partial charge in [-0.1, -0.05) is 60.1 Å². The van der Waals surface area contributed by atoms with Gasteiger partial charge in [0.05, 0.1) is 5.52 Å². The Kier molecular flexibility index (Phi) is 4.00. The minimum absolute atomic E-state index is 0.146. The third-order valence-electron chi connectivity index (χ3n) is 3.96. The largest absolute Gasteiger partial charge is 0.287 e. The van der Waals surface area contributed by atoms with E-state index >= 15 is 0 Å². The highest BCUT2D eigenvalue weighted by atomic mass is 35.5. The predicted molar refractivity (Wildman–Crippen MR) is 99.9 cm³/mol. The summed E-state index contributed by atoms with van der Waals surface area (Å²) in [6, 6.07) is 24.0. The van der Waals surface area contributed by atoms with Gasteiger partial charge in [-0.2, -0.15) is 0 Å². The molecule has 3 aromatic carbocycles. The van der Waals surface area contributed by atoms with Crippen molar-refractivity contribution in [2.24, 2.45) is 0 Å². The zero-order valence-electron chi connectivity index (χ0n) is 13.2. The number of rotatable bonds is 3. The van der Waals surface area contributed by atoms with Crippen LogP contribution in [-0.2, 0) is 0 Å². The number of fused-ring (bicyclic) bond motifs is 1. The fourth-order valence-corrected chi connectivity index (χ4v) is 2.83. The van der Waals surface area contributed by atoms with Gasteiger partial charge in [-0.25, -0.2) is 9.97 Å². The van der Waals surface area contributed by atoms with E-state index in [1.165, 1.54) is 0 Å². The van der Waals surface area contributed by atoms with Crippen LogP contribution in [0.1, 0.15) is 16.1 Å². The molecule has 120 valence electrons.